The number of rotatable bonds is 8. The monoisotopic (exact) mass is 510 g/mol. The fourth-order valence-electron chi connectivity index (χ4n) is 2.90. The number of thioether (sulfide) groups is 1. The highest BCUT2D eigenvalue weighted by atomic mass is 79.9. The lowest BCUT2D eigenvalue weighted by atomic mass is 10.2. The van der Waals surface area contributed by atoms with Crippen molar-refractivity contribution in [3.63, 3.8) is 0 Å². The van der Waals surface area contributed by atoms with Gasteiger partial charge in [0.25, 0.3) is 5.91 Å². The Morgan fingerprint density at radius 2 is 1.81 bits per heavy atom. The molecule has 1 amide bonds. The SMILES string of the molecule is COc1ccc(CNC(=O)c2nnn(-c3ccc(Br)cc3)c2CSc2ncccn2)cc1. The average Bonchev–Trinajstić information content (AvgIpc) is 3.26. The Kier molecular flexibility index (Phi) is 7.13. The summed E-state index contributed by atoms with van der Waals surface area (Å²) in [7, 11) is 1.62. The first-order valence-corrected chi connectivity index (χ1v) is 11.4. The van der Waals surface area contributed by atoms with Crippen LogP contribution < -0.4 is 10.1 Å². The Morgan fingerprint density at radius 3 is 2.50 bits per heavy atom. The molecule has 0 saturated heterocycles. The predicted octanol–water partition coefficient (Wildman–Crippen LogP) is 4.05. The van der Waals surface area contributed by atoms with Crippen LogP contribution in [0.5, 0.6) is 5.75 Å². The molecule has 4 aromatic rings. The number of hydrogen-bond donors (Lipinski definition) is 1. The summed E-state index contributed by atoms with van der Waals surface area (Å²) in [6.45, 7) is 0.363. The van der Waals surface area contributed by atoms with Gasteiger partial charge in [-0.3, -0.25) is 4.79 Å². The Hall–Kier alpha value is -3.24. The second kappa shape index (κ2) is 10.4. The standard InChI is InChI=1S/C22H19BrN6O2S/c1-31-18-9-3-15(4-10-18)13-26-21(30)20-19(14-32-22-24-11-2-12-25-22)29(28-27-20)17-7-5-16(23)6-8-17/h2-12H,13-14H2,1H3,(H,26,30). The molecule has 0 aliphatic rings. The number of carbonyl (C=O) groups excluding carboxylic acids is 1. The van der Waals surface area contributed by atoms with Crippen molar-refractivity contribution in [2.75, 3.05) is 7.11 Å². The summed E-state index contributed by atoms with van der Waals surface area (Å²) in [6, 6.07) is 16.9. The van der Waals surface area contributed by atoms with E-state index in [1.807, 2.05) is 48.5 Å². The van der Waals surface area contributed by atoms with Gasteiger partial charge < -0.3 is 10.1 Å². The fraction of sp³-hybridized carbons (Fsp3) is 0.136. The zero-order valence-electron chi connectivity index (χ0n) is 17.1. The minimum atomic E-state index is -0.297. The molecule has 0 bridgehead atoms. The van der Waals surface area contributed by atoms with Crippen molar-refractivity contribution >= 4 is 33.6 Å². The van der Waals surface area contributed by atoms with Gasteiger partial charge in [-0.25, -0.2) is 14.6 Å². The van der Waals surface area contributed by atoms with Crippen molar-refractivity contribution in [3.8, 4) is 11.4 Å². The summed E-state index contributed by atoms with van der Waals surface area (Å²) in [5, 5.41) is 12.0. The lowest BCUT2D eigenvalue weighted by Gasteiger charge is -2.09. The molecule has 10 heteroatoms. The summed E-state index contributed by atoms with van der Waals surface area (Å²) in [6.07, 6.45) is 3.37. The highest BCUT2D eigenvalue weighted by Gasteiger charge is 2.21. The third-order valence-electron chi connectivity index (χ3n) is 4.54. The molecule has 0 atom stereocenters. The summed E-state index contributed by atoms with van der Waals surface area (Å²) < 4.78 is 7.79. The predicted molar refractivity (Wildman–Crippen MR) is 125 cm³/mol. The van der Waals surface area contributed by atoms with E-state index in [1.165, 1.54) is 11.8 Å². The molecule has 1 N–H and O–H groups in total. The largest absolute Gasteiger partial charge is 0.497 e. The third kappa shape index (κ3) is 5.32. The summed E-state index contributed by atoms with van der Waals surface area (Å²) in [5.41, 5.74) is 2.69. The van der Waals surface area contributed by atoms with Gasteiger partial charge in [0.05, 0.1) is 18.5 Å². The first-order chi connectivity index (χ1) is 15.6. The molecule has 0 aliphatic carbocycles. The lowest BCUT2D eigenvalue weighted by Crippen LogP contribution is -2.24. The fourth-order valence-corrected chi connectivity index (χ4v) is 3.96. The second-order valence-electron chi connectivity index (χ2n) is 6.62. The van der Waals surface area contributed by atoms with E-state index in [2.05, 4.69) is 41.5 Å². The molecule has 2 aromatic carbocycles. The number of carbonyl (C=O) groups is 1. The molecule has 8 nitrogen and oxygen atoms in total. The number of ether oxygens (including phenoxy) is 1. The minimum absolute atomic E-state index is 0.268. The number of nitrogens with zero attached hydrogens (tertiary/aromatic N) is 5. The van der Waals surface area contributed by atoms with Gasteiger partial charge in [0.2, 0.25) is 0 Å². The smallest absolute Gasteiger partial charge is 0.274 e. The number of amides is 1. The number of methoxy groups -OCH3 is 1. The van der Waals surface area contributed by atoms with Gasteiger partial charge in [0.1, 0.15) is 5.75 Å². The van der Waals surface area contributed by atoms with Gasteiger partial charge >= 0.3 is 0 Å². The maximum absolute atomic E-state index is 13.0. The molecule has 32 heavy (non-hydrogen) atoms. The highest BCUT2D eigenvalue weighted by molar-refractivity contribution is 9.10. The van der Waals surface area contributed by atoms with Crippen LogP contribution in [0.15, 0.2) is 76.6 Å². The van der Waals surface area contributed by atoms with E-state index in [4.69, 9.17) is 4.74 Å². The number of halogens is 1. The van der Waals surface area contributed by atoms with E-state index < -0.39 is 0 Å². The molecule has 0 spiro atoms. The highest BCUT2D eigenvalue weighted by Crippen LogP contribution is 2.23. The quantitative estimate of drug-likeness (QED) is 0.282. The normalized spacial score (nSPS) is 10.7. The molecular weight excluding hydrogens is 492 g/mol. The zero-order chi connectivity index (χ0) is 22.3. The Labute approximate surface area is 197 Å². The van der Waals surface area contributed by atoms with Gasteiger partial charge in [0, 0.05) is 29.2 Å². The first kappa shape index (κ1) is 22.0. The van der Waals surface area contributed by atoms with Gasteiger partial charge in [0.15, 0.2) is 10.9 Å². The Balaban J connectivity index is 1.56. The molecule has 4 rings (SSSR count). The first-order valence-electron chi connectivity index (χ1n) is 9.65. The van der Waals surface area contributed by atoms with E-state index >= 15 is 0 Å². The summed E-state index contributed by atoms with van der Waals surface area (Å²) in [4.78, 5) is 21.5. The van der Waals surface area contributed by atoms with Crippen molar-refractivity contribution in [2.24, 2.45) is 0 Å². The number of aromatic nitrogens is 5. The summed E-state index contributed by atoms with van der Waals surface area (Å²) >= 11 is 4.85. The number of nitrogens with one attached hydrogen (secondary N) is 1. The Morgan fingerprint density at radius 1 is 1.09 bits per heavy atom. The topological polar surface area (TPSA) is 94.8 Å². The number of hydrogen-bond acceptors (Lipinski definition) is 7. The van der Waals surface area contributed by atoms with Crippen LogP contribution in [-0.2, 0) is 12.3 Å². The zero-order valence-corrected chi connectivity index (χ0v) is 19.5. The van der Waals surface area contributed by atoms with Crippen LogP contribution in [-0.4, -0.2) is 38.0 Å². The lowest BCUT2D eigenvalue weighted by molar-refractivity contribution is 0.0945. The third-order valence-corrected chi connectivity index (χ3v) is 5.96. The van der Waals surface area contributed by atoms with Gasteiger partial charge in [-0.05, 0) is 48.0 Å². The van der Waals surface area contributed by atoms with E-state index in [9.17, 15) is 4.79 Å². The van der Waals surface area contributed by atoms with Gasteiger partial charge in [-0.2, -0.15) is 0 Å². The van der Waals surface area contributed by atoms with Crippen molar-refractivity contribution in [1.29, 1.82) is 0 Å². The molecular formula is C22H19BrN6O2S. The number of benzene rings is 2. The molecule has 2 aromatic heterocycles. The van der Waals surface area contributed by atoms with Crippen molar-refractivity contribution in [3.05, 3.63) is 88.4 Å². The maximum Gasteiger partial charge on any atom is 0.274 e. The summed E-state index contributed by atoms with van der Waals surface area (Å²) in [5.74, 6) is 0.895. The van der Waals surface area contributed by atoms with Crippen LogP contribution in [0.1, 0.15) is 21.7 Å². The maximum atomic E-state index is 13.0. The van der Waals surface area contributed by atoms with Crippen LogP contribution in [0.25, 0.3) is 5.69 Å². The van der Waals surface area contributed by atoms with Crippen LogP contribution >= 0.6 is 27.7 Å². The molecule has 0 radical (unpaired) electrons. The van der Waals surface area contributed by atoms with E-state index in [-0.39, 0.29) is 11.6 Å². The average molecular weight is 511 g/mol. The second-order valence-corrected chi connectivity index (χ2v) is 8.48. The van der Waals surface area contributed by atoms with E-state index in [0.717, 1.165) is 21.5 Å². The molecule has 0 saturated carbocycles. The van der Waals surface area contributed by atoms with Crippen LogP contribution in [0.3, 0.4) is 0 Å². The Bertz CT molecular complexity index is 1180. The van der Waals surface area contributed by atoms with Crippen LogP contribution in [0, 0.1) is 0 Å². The van der Waals surface area contributed by atoms with Crippen LogP contribution in [0.2, 0.25) is 0 Å². The molecule has 0 fully saturated rings. The molecule has 162 valence electrons. The minimum Gasteiger partial charge on any atom is -0.497 e. The van der Waals surface area contributed by atoms with Crippen molar-refractivity contribution < 1.29 is 9.53 Å². The van der Waals surface area contributed by atoms with E-state index in [0.29, 0.717) is 23.1 Å². The van der Waals surface area contributed by atoms with Gasteiger partial charge in [-0.1, -0.05) is 45.0 Å². The van der Waals surface area contributed by atoms with Crippen molar-refractivity contribution in [2.45, 2.75) is 17.5 Å². The van der Waals surface area contributed by atoms with E-state index in [1.54, 1.807) is 30.3 Å². The van der Waals surface area contributed by atoms with Gasteiger partial charge in [-0.15, -0.1) is 5.10 Å². The molecule has 2 heterocycles. The molecule has 0 aliphatic heterocycles. The van der Waals surface area contributed by atoms with Crippen molar-refractivity contribution in [1.82, 2.24) is 30.3 Å². The van der Waals surface area contributed by atoms with Crippen LogP contribution in [0.4, 0.5) is 0 Å². The molecule has 0 unspecified atom stereocenters.